The zero-order chi connectivity index (χ0) is 13.5. The van der Waals surface area contributed by atoms with Crippen LogP contribution in [0, 0.1) is 0 Å². The van der Waals surface area contributed by atoms with Crippen molar-refractivity contribution in [2.45, 2.75) is 18.9 Å². The molecule has 0 radical (unpaired) electrons. The number of para-hydroxylation sites is 2. The molecule has 0 heterocycles. The van der Waals surface area contributed by atoms with Gasteiger partial charge in [-0.1, -0.05) is 12.1 Å². The Morgan fingerprint density at radius 3 is 2.63 bits per heavy atom. The van der Waals surface area contributed by atoms with Crippen molar-refractivity contribution >= 4 is 0 Å². The van der Waals surface area contributed by atoms with Crippen molar-refractivity contribution in [3.8, 4) is 11.5 Å². The average molecular weight is 264 g/mol. The molecule has 1 N–H and O–H groups in total. The molecule has 0 amide bonds. The van der Waals surface area contributed by atoms with Gasteiger partial charge in [0, 0.05) is 25.7 Å². The third-order valence-corrected chi connectivity index (χ3v) is 3.42. The fourth-order valence-electron chi connectivity index (χ4n) is 2.05. The summed E-state index contributed by atoms with van der Waals surface area (Å²) in [4.78, 5) is 2.42. The highest BCUT2D eigenvalue weighted by Crippen LogP contribution is 2.25. The van der Waals surface area contributed by atoms with Crippen molar-refractivity contribution in [2.75, 3.05) is 40.4 Å². The lowest BCUT2D eigenvalue weighted by atomic mass is 10.3. The Hall–Kier alpha value is -1.26. The van der Waals surface area contributed by atoms with Gasteiger partial charge in [0.1, 0.15) is 6.61 Å². The Bertz CT molecular complexity index is 380. The highest BCUT2D eigenvalue weighted by Gasteiger charge is 2.25. The van der Waals surface area contributed by atoms with Gasteiger partial charge in [0.15, 0.2) is 11.5 Å². The smallest absolute Gasteiger partial charge is 0.161 e. The van der Waals surface area contributed by atoms with Crippen LogP contribution in [0.5, 0.6) is 11.5 Å². The quantitative estimate of drug-likeness (QED) is 0.689. The number of nitrogens with zero attached hydrogens (tertiary/aromatic N) is 1. The maximum atomic E-state index is 5.69. The van der Waals surface area contributed by atoms with Gasteiger partial charge in [-0.25, -0.2) is 0 Å². The molecule has 0 aromatic heterocycles. The lowest BCUT2D eigenvalue weighted by molar-refractivity contribution is 0.282. The largest absolute Gasteiger partial charge is 0.493 e. The summed E-state index contributed by atoms with van der Waals surface area (Å²) in [6.07, 6.45) is 2.74. The number of hydrogen-bond donors (Lipinski definition) is 1. The maximum Gasteiger partial charge on any atom is 0.161 e. The summed E-state index contributed by atoms with van der Waals surface area (Å²) in [7, 11) is 3.86. The molecule has 0 aliphatic heterocycles. The van der Waals surface area contributed by atoms with Crippen LogP contribution in [0.4, 0.5) is 0 Å². The monoisotopic (exact) mass is 264 g/mol. The molecule has 1 aromatic rings. The molecule has 4 nitrogen and oxygen atoms in total. The van der Waals surface area contributed by atoms with E-state index in [1.165, 1.54) is 12.8 Å². The average Bonchev–Trinajstić information content (AvgIpc) is 3.27. The van der Waals surface area contributed by atoms with Gasteiger partial charge in [0.2, 0.25) is 0 Å². The molecule has 106 valence electrons. The third-order valence-electron chi connectivity index (χ3n) is 3.42. The Kier molecular flexibility index (Phi) is 5.48. The number of nitrogens with one attached hydrogen (secondary N) is 1. The van der Waals surface area contributed by atoms with Gasteiger partial charge in [-0.2, -0.15) is 0 Å². The van der Waals surface area contributed by atoms with E-state index in [4.69, 9.17) is 9.47 Å². The highest BCUT2D eigenvalue weighted by molar-refractivity contribution is 5.39. The van der Waals surface area contributed by atoms with E-state index >= 15 is 0 Å². The van der Waals surface area contributed by atoms with E-state index in [1.54, 1.807) is 7.11 Å². The van der Waals surface area contributed by atoms with Crippen molar-refractivity contribution < 1.29 is 9.47 Å². The molecule has 0 atom stereocenters. The summed E-state index contributed by atoms with van der Waals surface area (Å²) in [6.45, 7) is 3.64. The van der Waals surface area contributed by atoms with Gasteiger partial charge in [-0.3, -0.25) is 0 Å². The number of ether oxygens (including phenoxy) is 2. The minimum atomic E-state index is 0.660. The molecule has 1 fully saturated rings. The zero-order valence-corrected chi connectivity index (χ0v) is 11.9. The van der Waals surface area contributed by atoms with Crippen LogP contribution in [0.3, 0.4) is 0 Å². The summed E-state index contributed by atoms with van der Waals surface area (Å²) >= 11 is 0. The second-order valence-corrected chi connectivity index (χ2v) is 4.96. The normalized spacial score (nSPS) is 14.7. The Labute approximate surface area is 115 Å². The second-order valence-electron chi connectivity index (χ2n) is 4.96. The molecule has 1 aliphatic rings. The molecule has 4 heteroatoms. The Morgan fingerprint density at radius 1 is 1.21 bits per heavy atom. The van der Waals surface area contributed by atoms with Crippen molar-refractivity contribution in [2.24, 2.45) is 0 Å². The van der Waals surface area contributed by atoms with E-state index in [2.05, 4.69) is 17.3 Å². The van der Waals surface area contributed by atoms with Gasteiger partial charge in [-0.05, 0) is 32.0 Å². The maximum absolute atomic E-state index is 5.69. The van der Waals surface area contributed by atoms with Gasteiger partial charge in [-0.15, -0.1) is 0 Å². The first-order valence-electron chi connectivity index (χ1n) is 6.98. The predicted octanol–water partition coefficient (Wildman–Crippen LogP) is 1.76. The van der Waals surface area contributed by atoms with E-state index in [-0.39, 0.29) is 0 Å². The van der Waals surface area contributed by atoms with Gasteiger partial charge in [0.05, 0.1) is 7.11 Å². The van der Waals surface area contributed by atoms with Crippen LogP contribution < -0.4 is 14.8 Å². The summed E-state index contributed by atoms with van der Waals surface area (Å²) in [5.41, 5.74) is 0. The molecule has 1 aliphatic carbocycles. The van der Waals surface area contributed by atoms with Crippen molar-refractivity contribution in [3.63, 3.8) is 0 Å². The highest BCUT2D eigenvalue weighted by atomic mass is 16.5. The zero-order valence-electron chi connectivity index (χ0n) is 11.9. The Morgan fingerprint density at radius 2 is 1.95 bits per heavy atom. The van der Waals surface area contributed by atoms with E-state index in [0.717, 1.165) is 37.2 Å². The molecule has 0 bridgehead atoms. The summed E-state index contributed by atoms with van der Waals surface area (Å²) < 4.78 is 10.9. The second kappa shape index (κ2) is 7.36. The number of hydrogen-bond acceptors (Lipinski definition) is 4. The van der Waals surface area contributed by atoms with Crippen molar-refractivity contribution in [1.29, 1.82) is 0 Å². The third kappa shape index (κ3) is 4.73. The molecule has 0 spiro atoms. The molecule has 19 heavy (non-hydrogen) atoms. The molecule has 2 rings (SSSR count). The number of likely N-dealkylation sites (N-methyl/N-ethyl adjacent to an activating group) is 1. The van der Waals surface area contributed by atoms with Crippen LogP contribution in [0.1, 0.15) is 12.8 Å². The first kappa shape index (κ1) is 14.2. The molecular weight excluding hydrogens is 240 g/mol. The number of benzene rings is 1. The van der Waals surface area contributed by atoms with Gasteiger partial charge < -0.3 is 19.7 Å². The standard InChI is InChI=1S/C15H24N2O2/c1-17(13-7-8-13)11-9-16-10-12-19-15-6-4-3-5-14(15)18-2/h3-6,13,16H,7-12H2,1-2H3. The van der Waals surface area contributed by atoms with Gasteiger partial charge >= 0.3 is 0 Å². The van der Waals surface area contributed by atoms with Crippen LogP contribution in [0.25, 0.3) is 0 Å². The summed E-state index contributed by atoms with van der Waals surface area (Å²) in [5, 5.41) is 3.40. The van der Waals surface area contributed by atoms with E-state index < -0.39 is 0 Å². The molecule has 0 saturated heterocycles. The van der Waals surface area contributed by atoms with Crippen molar-refractivity contribution in [3.05, 3.63) is 24.3 Å². The fourth-order valence-corrected chi connectivity index (χ4v) is 2.05. The first-order chi connectivity index (χ1) is 9.31. The topological polar surface area (TPSA) is 33.7 Å². The van der Waals surface area contributed by atoms with Crippen molar-refractivity contribution in [1.82, 2.24) is 10.2 Å². The van der Waals surface area contributed by atoms with E-state index in [0.29, 0.717) is 6.61 Å². The molecule has 1 saturated carbocycles. The number of rotatable bonds is 9. The molecule has 1 aromatic carbocycles. The van der Waals surface area contributed by atoms with Gasteiger partial charge in [0.25, 0.3) is 0 Å². The summed E-state index contributed by atoms with van der Waals surface area (Å²) in [5.74, 6) is 1.60. The molecular formula is C15H24N2O2. The van der Waals surface area contributed by atoms with Crippen LogP contribution in [-0.2, 0) is 0 Å². The van der Waals surface area contributed by atoms with Crippen LogP contribution in [-0.4, -0.2) is 51.3 Å². The number of methoxy groups -OCH3 is 1. The van der Waals surface area contributed by atoms with E-state index in [1.807, 2.05) is 24.3 Å². The van der Waals surface area contributed by atoms with E-state index in [9.17, 15) is 0 Å². The predicted molar refractivity (Wildman–Crippen MR) is 77.0 cm³/mol. The van der Waals surface area contributed by atoms with Crippen LogP contribution >= 0.6 is 0 Å². The van der Waals surface area contributed by atoms with Crippen LogP contribution in [0.15, 0.2) is 24.3 Å². The molecule has 0 unspecified atom stereocenters. The Balaban J connectivity index is 1.56. The lowest BCUT2D eigenvalue weighted by Crippen LogP contribution is -2.32. The summed E-state index contributed by atoms with van der Waals surface area (Å²) in [6, 6.07) is 8.58. The minimum Gasteiger partial charge on any atom is -0.493 e. The van der Waals surface area contributed by atoms with Crippen LogP contribution in [0.2, 0.25) is 0 Å². The SMILES string of the molecule is COc1ccccc1OCCNCCN(C)C1CC1. The fraction of sp³-hybridized carbons (Fsp3) is 0.600. The lowest BCUT2D eigenvalue weighted by Gasteiger charge is -2.16. The first-order valence-corrected chi connectivity index (χ1v) is 6.98. The minimum absolute atomic E-state index is 0.660.